The number of hydrogen-bond acceptors (Lipinski definition) is 3. The monoisotopic (exact) mass is 342 g/mol. The molecular weight excluding hydrogens is 324 g/mol. The molecule has 3 heteroatoms. The molecule has 2 nitrogen and oxygen atoms in total. The molecule has 0 saturated carbocycles. The number of thioether (sulfide) groups is 1. The van der Waals surface area contributed by atoms with E-state index in [1.54, 1.807) is 11.8 Å². The lowest BCUT2D eigenvalue weighted by Gasteiger charge is -2.12. The topological polar surface area (TPSA) is 36.7 Å². The van der Waals surface area contributed by atoms with E-state index < -0.39 is 0 Å². The van der Waals surface area contributed by atoms with E-state index in [9.17, 15) is 5.26 Å². The van der Waals surface area contributed by atoms with Crippen LogP contribution in [0.1, 0.15) is 12.5 Å². The van der Waals surface area contributed by atoms with Crippen molar-refractivity contribution in [3.63, 3.8) is 0 Å². The molecule has 0 aliphatic rings. The minimum absolute atomic E-state index is 0.622. The van der Waals surface area contributed by atoms with Gasteiger partial charge in [-0.05, 0) is 18.6 Å². The van der Waals surface area contributed by atoms with Crippen LogP contribution in [0.2, 0.25) is 0 Å². The van der Waals surface area contributed by atoms with Crippen molar-refractivity contribution in [2.75, 3.05) is 5.75 Å². The molecule has 0 aliphatic carbocycles. The Hall–Kier alpha value is -2.83. The summed E-state index contributed by atoms with van der Waals surface area (Å²) in [6, 6.07) is 24.4. The van der Waals surface area contributed by atoms with Crippen molar-refractivity contribution in [1.82, 2.24) is 4.98 Å². The molecule has 1 aromatic heterocycles. The summed E-state index contributed by atoms with van der Waals surface area (Å²) in [7, 11) is 0. The molecule has 2 aromatic carbocycles. The van der Waals surface area contributed by atoms with Gasteiger partial charge in [0.25, 0.3) is 0 Å². The first kappa shape index (κ1) is 17.0. The molecule has 122 valence electrons. The first-order chi connectivity index (χ1) is 12.2. The fourth-order valence-electron chi connectivity index (χ4n) is 2.53. The van der Waals surface area contributed by atoms with Gasteiger partial charge in [0.15, 0.2) is 0 Å². The SMILES string of the molecule is C=C(C)CSc1nc(-c2ccccc2)cc(-c2ccccc2)c1C#N. The highest BCUT2D eigenvalue weighted by atomic mass is 32.2. The maximum Gasteiger partial charge on any atom is 0.115 e. The number of hydrogen-bond donors (Lipinski definition) is 0. The quantitative estimate of drug-likeness (QED) is 0.424. The van der Waals surface area contributed by atoms with Gasteiger partial charge in [0, 0.05) is 16.9 Å². The molecule has 0 radical (unpaired) electrons. The van der Waals surface area contributed by atoms with Crippen molar-refractivity contribution in [2.45, 2.75) is 11.9 Å². The highest BCUT2D eigenvalue weighted by Crippen LogP contribution is 2.34. The van der Waals surface area contributed by atoms with E-state index in [2.05, 4.69) is 12.6 Å². The standard InChI is InChI=1S/C22H18N2S/c1-16(2)15-25-22-20(14-23)19(17-9-5-3-6-10-17)13-21(24-22)18-11-7-4-8-12-18/h3-13H,1,15H2,2H3. The summed E-state index contributed by atoms with van der Waals surface area (Å²) in [6.45, 7) is 5.94. The zero-order chi connectivity index (χ0) is 17.6. The highest BCUT2D eigenvalue weighted by molar-refractivity contribution is 7.99. The Morgan fingerprint density at radius 1 is 1.04 bits per heavy atom. The Morgan fingerprint density at radius 2 is 1.64 bits per heavy atom. The van der Waals surface area contributed by atoms with Gasteiger partial charge in [0.2, 0.25) is 0 Å². The lowest BCUT2D eigenvalue weighted by molar-refractivity contribution is 1.12. The van der Waals surface area contributed by atoms with Crippen LogP contribution < -0.4 is 0 Å². The van der Waals surface area contributed by atoms with Gasteiger partial charge >= 0.3 is 0 Å². The number of pyridine rings is 1. The average molecular weight is 342 g/mol. The van der Waals surface area contributed by atoms with Crippen molar-refractivity contribution in [2.24, 2.45) is 0 Å². The van der Waals surface area contributed by atoms with Gasteiger partial charge < -0.3 is 0 Å². The van der Waals surface area contributed by atoms with Crippen molar-refractivity contribution in [3.05, 3.63) is 84.4 Å². The molecule has 0 fully saturated rings. The molecule has 0 unspecified atom stereocenters. The predicted molar refractivity (Wildman–Crippen MR) is 105 cm³/mol. The van der Waals surface area contributed by atoms with E-state index in [0.717, 1.165) is 38.7 Å². The van der Waals surface area contributed by atoms with Crippen LogP contribution in [-0.4, -0.2) is 10.7 Å². The van der Waals surface area contributed by atoms with Gasteiger partial charge in [-0.15, -0.1) is 11.8 Å². The van der Waals surface area contributed by atoms with Crippen LogP contribution in [0.15, 0.2) is 83.9 Å². The minimum atomic E-state index is 0.622. The predicted octanol–water partition coefficient (Wildman–Crippen LogP) is 5.96. The molecule has 1 heterocycles. The third-order valence-corrected chi connectivity index (χ3v) is 4.91. The fourth-order valence-corrected chi connectivity index (χ4v) is 3.37. The summed E-state index contributed by atoms with van der Waals surface area (Å²) >= 11 is 1.56. The maximum atomic E-state index is 9.76. The van der Waals surface area contributed by atoms with Crippen LogP contribution in [0.5, 0.6) is 0 Å². The average Bonchev–Trinajstić information content (AvgIpc) is 2.67. The summed E-state index contributed by atoms with van der Waals surface area (Å²) in [4.78, 5) is 4.77. The van der Waals surface area contributed by atoms with Crippen LogP contribution in [-0.2, 0) is 0 Å². The van der Waals surface area contributed by atoms with E-state index in [1.807, 2.05) is 73.7 Å². The maximum absolute atomic E-state index is 9.76. The molecule has 3 rings (SSSR count). The molecule has 0 atom stereocenters. The van der Waals surface area contributed by atoms with Crippen LogP contribution in [0.3, 0.4) is 0 Å². The molecule has 0 amide bonds. The lowest BCUT2D eigenvalue weighted by atomic mass is 9.99. The third kappa shape index (κ3) is 3.99. The van der Waals surface area contributed by atoms with E-state index in [4.69, 9.17) is 4.98 Å². The molecule has 0 spiro atoms. The fraction of sp³-hybridized carbons (Fsp3) is 0.0909. The largest absolute Gasteiger partial charge is 0.240 e. The first-order valence-corrected chi connectivity index (χ1v) is 9.01. The first-order valence-electron chi connectivity index (χ1n) is 8.02. The molecular formula is C22H18N2S. The van der Waals surface area contributed by atoms with Crippen molar-refractivity contribution >= 4 is 11.8 Å². The summed E-state index contributed by atoms with van der Waals surface area (Å²) < 4.78 is 0. The van der Waals surface area contributed by atoms with Crippen LogP contribution in [0.25, 0.3) is 22.4 Å². The summed E-state index contributed by atoms with van der Waals surface area (Å²) in [6.07, 6.45) is 0. The molecule has 0 N–H and O–H groups in total. The van der Waals surface area contributed by atoms with E-state index in [-0.39, 0.29) is 0 Å². The minimum Gasteiger partial charge on any atom is -0.240 e. The Labute approximate surface area is 152 Å². The summed E-state index contributed by atoms with van der Waals surface area (Å²) in [5, 5.41) is 10.5. The smallest absolute Gasteiger partial charge is 0.115 e. The van der Waals surface area contributed by atoms with E-state index >= 15 is 0 Å². The van der Waals surface area contributed by atoms with Gasteiger partial charge in [-0.25, -0.2) is 4.98 Å². The second-order valence-electron chi connectivity index (χ2n) is 5.82. The van der Waals surface area contributed by atoms with Crippen LogP contribution in [0.4, 0.5) is 0 Å². The van der Waals surface area contributed by atoms with Crippen molar-refractivity contribution in [1.29, 1.82) is 5.26 Å². The van der Waals surface area contributed by atoms with Crippen LogP contribution in [0, 0.1) is 11.3 Å². The number of nitriles is 1. The Morgan fingerprint density at radius 3 is 2.20 bits per heavy atom. The summed E-state index contributed by atoms with van der Waals surface area (Å²) in [5.74, 6) is 0.744. The molecule has 3 aromatic rings. The Kier molecular flexibility index (Phi) is 5.33. The van der Waals surface area contributed by atoms with Gasteiger partial charge in [-0.3, -0.25) is 0 Å². The number of aromatic nitrogens is 1. The number of benzene rings is 2. The zero-order valence-corrected chi connectivity index (χ0v) is 14.9. The van der Waals surface area contributed by atoms with Crippen LogP contribution >= 0.6 is 11.8 Å². The molecule has 0 bridgehead atoms. The normalized spacial score (nSPS) is 10.2. The lowest BCUT2D eigenvalue weighted by Crippen LogP contribution is -1.96. The molecule has 25 heavy (non-hydrogen) atoms. The van der Waals surface area contributed by atoms with Gasteiger partial charge in [0.05, 0.1) is 11.3 Å². The number of rotatable bonds is 5. The Balaban J connectivity index is 2.20. The summed E-state index contributed by atoms with van der Waals surface area (Å²) in [5.41, 5.74) is 5.54. The van der Waals surface area contributed by atoms with E-state index in [1.165, 1.54) is 0 Å². The third-order valence-electron chi connectivity index (χ3n) is 3.71. The zero-order valence-electron chi connectivity index (χ0n) is 14.1. The second-order valence-corrected chi connectivity index (χ2v) is 6.79. The van der Waals surface area contributed by atoms with E-state index in [0.29, 0.717) is 5.56 Å². The van der Waals surface area contributed by atoms with Gasteiger partial charge in [-0.2, -0.15) is 5.26 Å². The van der Waals surface area contributed by atoms with Crippen molar-refractivity contribution in [3.8, 4) is 28.5 Å². The molecule has 0 saturated heterocycles. The number of nitrogens with zero attached hydrogens (tertiary/aromatic N) is 2. The van der Waals surface area contributed by atoms with Gasteiger partial charge in [0.1, 0.15) is 11.1 Å². The second kappa shape index (κ2) is 7.83. The highest BCUT2D eigenvalue weighted by Gasteiger charge is 2.15. The van der Waals surface area contributed by atoms with Crippen molar-refractivity contribution < 1.29 is 0 Å². The van der Waals surface area contributed by atoms with Gasteiger partial charge in [-0.1, -0.05) is 72.8 Å². The Bertz CT molecular complexity index is 925. The molecule has 0 aliphatic heterocycles.